The van der Waals surface area contributed by atoms with Crippen molar-refractivity contribution < 1.29 is 23.5 Å². The van der Waals surface area contributed by atoms with Crippen LogP contribution in [0.15, 0.2) is 48.5 Å². The molecule has 1 heterocycles. The van der Waals surface area contributed by atoms with Crippen LogP contribution in [0.25, 0.3) is 0 Å². The Hall–Kier alpha value is -3.22. The molecule has 27 heavy (non-hydrogen) atoms. The number of piperazine rings is 1. The van der Waals surface area contributed by atoms with Crippen LogP contribution in [-0.4, -0.2) is 55.8 Å². The second-order valence-electron chi connectivity index (χ2n) is 6.16. The van der Waals surface area contributed by atoms with Gasteiger partial charge >= 0.3 is 5.97 Å². The minimum Gasteiger partial charge on any atom is -0.452 e. The lowest BCUT2D eigenvalue weighted by Gasteiger charge is -2.36. The highest BCUT2D eigenvalue weighted by atomic mass is 19.1. The molecule has 1 amide bonds. The summed E-state index contributed by atoms with van der Waals surface area (Å²) < 4.78 is 18.1. The van der Waals surface area contributed by atoms with Crippen LogP contribution in [0.3, 0.4) is 0 Å². The summed E-state index contributed by atoms with van der Waals surface area (Å²) in [5.41, 5.74) is 1.66. The van der Waals surface area contributed by atoms with Crippen molar-refractivity contribution in [2.24, 2.45) is 0 Å². The van der Waals surface area contributed by atoms with E-state index in [2.05, 4.69) is 4.90 Å². The fourth-order valence-corrected chi connectivity index (χ4v) is 2.87. The summed E-state index contributed by atoms with van der Waals surface area (Å²) in [4.78, 5) is 38.6. The van der Waals surface area contributed by atoms with E-state index in [0.717, 1.165) is 5.69 Å². The zero-order chi connectivity index (χ0) is 19.2. The Morgan fingerprint density at radius 3 is 2.19 bits per heavy atom. The number of halogens is 1. The van der Waals surface area contributed by atoms with E-state index in [9.17, 15) is 18.8 Å². The molecule has 0 aliphatic carbocycles. The number of nitrogens with zero attached hydrogens (tertiary/aromatic N) is 2. The number of amides is 1. The molecule has 0 bridgehead atoms. The molecule has 1 saturated heterocycles. The van der Waals surface area contributed by atoms with Gasteiger partial charge < -0.3 is 14.5 Å². The summed E-state index contributed by atoms with van der Waals surface area (Å²) in [6.07, 6.45) is 0.685. The van der Waals surface area contributed by atoms with Crippen molar-refractivity contribution in [3.63, 3.8) is 0 Å². The first kappa shape index (κ1) is 18.6. The zero-order valence-electron chi connectivity index (χ0n) is 14.6. The predicted octanol–water partition coefficient (Wildman–Crippen LogP) is 2.14. The van der Waals surface area contributed by atoms with Crippen molar-refractivity contribution >= 4 is 23.9 Å². The van der Waals surface area contributed by atoms with Gasteiger partial charge in [0, 0.05) is 37.4 Å². The number of carbonyl (C=O) groups excluding carboxylic acids is 3. The van der Waals surface area contributed by atoms with E-state index in [1.165, 1.54) is 36.4 Å². The largest absolute Gasteiger partial charge is 0.452 e. The lowest BCUT2D eigenvalue weighted by atomic mass is 10.1. The number of carbonyl (C=O) groups is 3. The molecule has 3 rings (SSSR count). The summed E-state index contributed by atoms with van der Waals surface area (Å²) in [5.74, 6) is -1.15. The lowest BCUT2D eigenvalue weighted by Crippen LogP contribution is -2.49. The van der Waals surface area contributed by atoms with Crippen LogP contribution in [0.4, 0.5) is 10.1 Å². The van der Waals surface area contributed by atoms with Crippen molar-refractivity contribution in [2.45, 2.75) is 0 Å². The number of anilines is 1. The monoisotopic (exact) mass is 370 g/mol. The van der Waals surface area contributed by atoms with Gasteiger partial charge in [0.2, 0.25) is 0 Å². The number of hydrogen-bond donors (Lipinski definition) is 0. The molecule has 0 N–H and O–H groups in total. The second kappa shape index (κ2) is 8.44. The molecule has 0 aromatic heterocycles. The van der Waals surface area contributed by atoms with E-state index in [0.29, 0.717) is 38.0 Å². The van der Waals surface area contributed by atoms with Gasteiger partial charge in [-0.05, 0) is 36.4 Å². The molecule has 2 aromatic rings. The van der Waals surface area contributed by atoms with E-state index in [1.807, 2.05) is 0 Å². The minimum atomic E-state index is -0.606. The Morgan fingerprint density at radius 1 is 0.963 bits per heavy atom. The molecule has 0 radical (unpaired) electrons. The first-order valence-corrected chi connectivity index (χ1v) is 8.57. The number of esters is 1. The molecular weight excluding hydrogens is 351 g/mol. The Labute approximate surface area is 156 Å². The van der Waals surface area contributed by atoms with Crippen LogP contribution in [-0.2, 0) is 9.53 Å². The van der Waals surface area contributed by atoms with Crippen LogP contribution in [0, 0.1) is 5.82 Å². The van der Waals surface area contributed by atoms with Crippen molar-refractivity contribution in [1.82, 2.24) is 4.90 Å². The molecule has 0 spiro atoms. The normalized spacial score (nSPS) is 14.0. The van der Waals surface area contributed by atoms with Crippen molar-refractivity contribution in [3.8, 4) is 0 Å². The summed E-state index contributed by atoms with van der Waals surface area (Å²) in [5, 5.41) is 0. The third-order valence-electron chi connectivity index (χ3n) is 4.43. The molecule has 2 aromatic carbocycles. The van der Waals surface area contributed by atoms with Crippen molar-refractivity contribution in [3.05, 3.63) is 65.5 Å². The highest BCUT2D eigenvalue weighted by Gasteiger charge is 2.22. The molecule has 140 valence electrons. The molecule has 1 aliphatic heterocycles. The van der Waals surface area contributed by atoms with E-state index in [4.69, 9.17) is 4.74 Å². The number of benzene rings is 2. The van der Waals surface area contributed by atoms with Crippen LogP contribution in [0.5, 0.6) is 0 Å². The Morgan fingerprint density at radius 2 is 1.59 bits per heavy atom. The van der Waals surface area contributed by atoms with Gasteiger partial charge in [-0.15, -0.1) is 0 Å². The second-order valence-corrected chi connectivity index (χ2v) is 6.16. The summed E-state index contributed by atoms with van der Waals surface area (Å²) in [6.45, 7) is 1.92. The molecule has 7 heteroatoms. The third-order valence-corrected chi connectivity index (χ3v) is 4.43. The number of rotatable bonds is 5. The molecule has 1 fully saturated rings. The van der Waals surface area contributed by atoms with E-state index < -0.39 is 5.97 Å². The highest BCUT2D eigenvalue weighted by Crippen LogP contribution is 2.17. The van der Waals surface area contributed by atoms with Gasteiger partial charge in [-0.3, -0.25) is 9.59 Å². The average Bonchev–Trinajstić information content (AvgIpc) is 2.72. The smallest absolute Gasteiger partial charge is 0.338 e. The number of hydrogen-bond acceptors (Lipinski definition) is 5. The molecule has 1 aliphatic rings. The van der Waals surface area contributed by atoms with Crippen molar-refractivity contribution in [1.29, 1.82) is 0 Å². The Bertz CT molecular complexity index is 813. The molecule has 6 nitrogen and oxygen atoms in total. The highest BCUT2D eigenvalue weighted by molar-refractivity contribution is 5.92. The van der Waals surface area contributed by atoms with E-state index in [1.54, 1.807) is 17.0 Å². The van der Waals surface area contributed by atoms with Gasteiger partial charge in [-0.2, -0.15) is 0 Å². The SMILES string of the molecule is O=Cc1ccc(C(=O)OCC(=O)N2CCN(c3ccc(F)cc3)CC2)cc1. The maximum Gasteiger partial charge on any atom is 0.338 e. The first-order chi connectivity index (χ1) is 13.1. The molecule has 0 atom stereocenters. The Kier molecular flexibility index (Phi) is 5.80. The van der Waals surface area contributed by atoms with Gasteiger partial charge in [0.15, 0.2) is 6.61 Å². The Balaban J connectivity index is 1.47. The summed E-state index contributed by atoms with van der Waals surface area (Å²) in [7, 11) is 0. The van der Waals surface area contributed by atoms with E-state index >= 15 is 0 Å². The minimum absolute atomic E-state index is 0.258. The topological polar surface area (TPSA) is 66.9 Å². The maximum absolute atomic E-state index is 13.0. The summed E-state index contributed by atoms with van der Waals surface area (Å²) >= 11 is 0. The fraction of sp³-hybridized carbons (Fsp3) is 0.250. The standard InChI is InChI=1S/C20H19FN2O4/c21-17-5-7-18(8-6-17)22-9-11-23(12-10-22)19(25)14-27-20(26)16-3-1-15(13-24)2-4-16/h1-8,13H,9-12,14H2. The molecule has 0 unspecified atom stereocenters. The molecular formula is C20H19FN2O4. The average molecular weight is 370 g/mol. The van der Waals surface area contributed by atoms with Crippen LogP contribution in [0.1, 0.15) is 20.7 Å². The van der Waals surface area contributed by atoms with Gasteiger partial charge in [-0.1, -0.05) is 12.1 Å². The quantitative estimate of drug-likeness (QED) is 0.596. The lowest BCUT2D eigenvalue weighted by molar-refractivity contribution is -0.134. The zero-order valence-corrected chi connectivity index (χ0v) is 14.6. The van der Waals surface area contributed by atoms with Gasteiger partial charge in [0.05, 0.1) is 5.56 Å². The predicted molar refractivity (Wildman–Crippen MR) is 97.3 cm³/mol. The van der Waals surface area contributed by atoms with Gasteiger partial charge in [-0.25, -0.2) is 9.18 Å². The van der Waals surface area contributed by atoms with Crippen LogP contribution < -0.4 is 4.90 Å². The molecule has 0 saturated carbocycles. The van der Waals surface area contributed by atoms with Gasteiger partial charge in [0.1, 0.15) is 12.1 Å². The van der Waals surface area contributed by atoms with Crippen LogP contribution in [0.2, 0.25) is 0 Å². The van der Waals surface area contributed by atoms with Crippen molar-refractivity contribution in [2.75, 3.05) is 37.7 Å². The number of aldehydes is 1. The van der Waals surface area contributed by atoms with Gasteiger partial charge in [0.25, 0.3) is 5.91 Å². The summed E-state index contributed by atoms with van der Waals surface area (Å²) in [6, 6.07) is 12.2. The van der Waals surface area contributed by atoms with Crippen LogP contribution >= 0.6 is 0 Å². The number of ether oxygens (including phenoxy) is 1. The van der Waals surface area contributed by atoms with E-state index in [-0.39, 0.29) is 23.9 Å². The maximum atomic E-state index is 13.0. The fourth-order valence-electron chi connectivity index (χ4n) is 2.87. The third kappa shape index (κ3) is 4.69. The first-order valence-electron chi connectivity index (χ1n) is 8.57.